The van der Waals surface area contributed by atoms with Gasteiger partial charge in [-0.1, -0.05) is 289 Å². The lowest BCUT2D eigenvalue weighted by molar-refractivity contribution is 1.22. The molecule has 0 atom stereocenters. The molecule has 81 heavy (non-hydrogen) atoms. The number of allylic oxidation sites excluding steroid dienone is 11. The van der Waals surface area contributed by atoms with Crippen LogP contribution in [0.2, 0.25) is 0 Å². The number of rotatable bonds is 14. The lowest BCUT2D eigenvalue weighted by atomic mass is 9.84. The molecule has 0 saturated carbocycles. The summed E-state index contributed by atoms with van der Waals surface area (Å²) in [5, 5.41) is 4.96. The molecule has 0 radical (unpaired) electrons. The Morgan fingerprint density at radius 3 is 1.41 bits per heavy atom. The van der Waals surface area contributed by atoms with Crippen molar-refractivity contribution in [3.63, 3.8) is 0 Å². The number of benzene rings is 9. The van der Waals surface area contributed by atoms with Crippen LogP contribution < -0.4 is 0 Å². The highest BCUT2D eigenvalue weighted by Gasteiger charge is 2.20. The van der Waals surface area contributed by atoms with E-state index in [-0.39, 0.29) is 0 Å². The van der Waals surface area contributed by atoms with E-state index >= 15 is 0 Å². The van der Waals surface area contributed by atoms with E-state index in [1.54, 1.807) is 0 Å². The van der Waals surface area contributed by atoms with Crippen molar-refractivity contribution in [1.29, 1.82) is 0 Å². The molecule has 2 heterocycles. The fourth-order valence-electron chi connectivity index (χ4n) is 10.6. The third-order valence-electron chi connectivity index (χ3n) is 14.5. The van der Waals surface area contributed by atoms with Crippen LogP contribution in [0.1, 0.15) is 89.2 Å². The van der Waals surface area contributed by atoms with Gasteiger partial charge in [0.15, 0.2) is 0 Å². The monoisotopic (exact) mass is 1080 g/mol. The van der Waals surface area contributed by atoms with Crippen molar-refractivity contribution >= 4 is 84.0 Å². The maximum Gasteiger partial charge on any atom is 0.0412 e. The molecule has 396 valence electrons. The Morgan fingerprint density at radius 2 is 0.938 bits per heavy atom. The van der Waals surface area contributed by atoms with Crippen molar-refractivity contribution in [2.75, 3.05) is 5.75 Å². The molecule has 0 fully saturated rings. The Morgan fingerprint density at radius 1 is 0.469 bits per heavy atom. The summed E-state index contributed by atoms with van der Waals surface area (Å²) in [4.78, 5) is 3.96. The zero-order valence-corrected chi connectivity index (χ0v) is 48.5. The quantitative estimate of drug-likeness (QED) is 0.0594. The van der Waals surface area contributed by atoms with Crippen LogP contribution >= 0.6 is 23.1 Å². The van der Waals surface area contributed by atoms with E-state index in [9.17, 15) is 0 Å². The number of hydrogen-bond donors (Lipinski definition) is 0. The van der Waals surface area contributed by atoms with Gasteiger partial charge in [-0.25, -0.2) is 0 Å². The molecule has 1 aliphatic heterocycles. The summed E-state index contributed by atoms with van der Waals surface area (Å²) < 4.78 is 0. The van der Waals surface area contributed by atoms with E-state index in [2.05, 4.69) is 286 Å². The number of hydrogen-bond acceptors (Lipinski definition) is 2. The number of thioether (sulfide) groups is 1. The minimum atomic E-state index is 0.895. The normalized spacial score (nSPS) is 13.3. The molecular weight excluding hydrogens is 1010 g/mol. The Balaban J connectivity index is 0.00000180. The second kappa shape index (κ2) is 27.4. The number of thiophene rings is 1. The zero-order valence-electron chi connectivity index (χ0n) is 46.9. The van der Waals surface area contributed by atoms with Gasteiger partial charge in [0, 0.05) is 20.4 Å². The largest absolute Gasteiger partial charge is 0.135 e. The summed E-state index contributed by atoms with van der Waals surface area (Å²) in [6.45, 7) is 11.8. The molecule has 0 bridgehead atoms. The van der Waals surface area contributed by atoms with Gasteiger partial charge in [-0.15, -0.1) is 23.1 Å². The molecule has 0 nitrogen and oxygen atoms in total. The van der Waals surface area contributed by atoms with Crippen LogP contribution in [0.5, 0.6) is 0 Å². The molecule has 0 unspecified atom stereocenters. The van der Waals surface area contributed by atoms with Gasteiger partial charge in [0.05, 0.1) is 0 Å². The first-order valence-electron chi connectivity index (χ1n) is 28.5. The van der Waals surface area contributed by atoms with Crippen molar-refractivity contribution in [2.24, 2.45) is 0 Å². The Hall–Kier alpha value is -8.79. The van der Waals surface area contributed by atoms with Crippen LogP contribution in [0, 0.1) is 0 Å². The fraction of sp³-hybridized carbons (Fsp3) is 0.0886. The summed E-state index contributed by atoms with van der Waals surface area (Å²) in [5.74, 6) is 0.895. The Bertz CT molecular complexity index is 3940. The lowest BCUT2D eigenvalue weighted by Gasteiger charge is -2.20. The van der Waals surface area contributed by atoms with Crippen molar-refractivity contribution in [2.45, 2.75) is 40.5 Å². The van der Waals surface area contributed by atoms with Crippen molar-refractivity contribution < 1.29 is 0 Å². The molecular formula is C79H68S2. The maximum atomic E-state index is 3.78. The van der Waals surface area contributed by atoms with Gasteiger partial charge >= 0.3 is 0 Å². The van der Waals surface area contributed by atoms with E-state index in [1.165, 1.54) is 114 Å². The van der Waals surface area contributed by atoms with Crippen LogP contribution in [0.15, 0.2) is 291 Å². The van der Waals surface area contributed by atoms with E-state index in [0.717, 1.165) is 29.7 Å². The van der Waals surface area contributed by atoms with Gasteiger partial charge in [-0.3, -0.25) is 0 Å². The van der Waals surface area contributed by atoms with Gasteiger partial charge in [0.1, 0.15) is 0 Å². The van der Waals surface area contributed by atoms with Crippen molar-refractivity contribution in [3.8, 4) is 22.3 Å². The summed E-state index contributed by atoms with van der Waals surface area (Å²) in [6, 6.07) is 82.0. The summed E-state index contributed by atoms with van der Waals surface area (Å²) in [5.41, 5.74) is 19.6. The molecule has 2 aliphatic rings. The van der Waals surface area contributed by atoms with E-state index in [4.69, 9.17) is 0 Å². The van der Waals surface area contributed by atoms with Crippen LogP contribution in [0.4, 0.5) is 0 Å². The Kier molecular flexibility index (Phi) is 18.8. The predicted octanol–water partition coefficient (Wildman–Crippen LogP) is 23.2. The number of fused-ring (bicyclic) bond motifs is 2. The van der Waals surface area contributed by atoms with Gasteiger partial charge < -0.3 is 0 Å². The molecule has 12 rings (SSSR count). The van der Waals surface area contributed by atoms with E-state index in [1.807, 2.05) is 62.9 Å². The van der Waals surface area contributed by atoms with Gasteiger partial charge in [0.2, 0.25) is 0 Å². The van der Waals surface area contributed by atoms with Crippen LogP contribution in [-0.2, 0) is 0 Å². The van der Waals surface area contributed by atoms with Crippen LogP contribution in [0.25, 0.3) is 83.1 Å². The smallest absolute Gasteiger partial charge is 0.0412 e. The molecule has 0 spiro atoms. The van der Waals surface area contributed by atoms with Gasteiger partial charge in [0.25, 0.3) is 0 Å². The van der Waals surface area contributed by atoms with Gasteiger partial charge in [-0.05, 0) is 160 Å². The third kappa shape index (κ3) is 13.0. The van der Waals surface area contributed by atoms with Crippen molar-refractivity contribution in [3.05, 3.63) is 340 Å². The molecule has 9 aromatic carbocycles. The standard InChI is InChI=1S/C75H56S2.2C2H6/c1-2-3-4-9-20-53-31-37-60(38-32-53)71-47-48-73(77-71)72-46-44-64(52-76-72)63-43-45-67-70(51-63)75(62-41-35-55(36-42-62)50-69(58-25-14-7-15-26-58)59-27-16-8-17-28-59)66-30-19-18-29-65(66)74(67)61-39-33-54(34-40-61)49-68(56-21-10-5-11-22-56)57-23-12-6-13-24-57;2*1-2/h2-8,10-31,33-51H,1,9,32,52H2;2*1-2H3/b4-3?,53-20-;;. The third-order valence-corrected chi connectivity index (χ3v) is 16.9. The highest BCUT2D eigenvalue weighted by molar-refractivity contribution is 8.08. The van der Waals surface area contributed by atoms with E-state index in [0.29, 0.717) is 0 Å². The minimum Gasteiger partial charge on any atom is -0.135 e. The first-order valence-corrected chi connectivity index (χ1v) is 30.3. The second-order valence-corrected chi connectivity index (χ2v) is 21.5. The Labute approximate surface area is 489 Å². The average Bonchev–Trinajstić information content (AvgIpc) is 4.09. The van der Waals surface area contributed by atoms with Crippen LogP contribution in [-0.4, -0.2) is 5.75 Å². The molecule has 1 aromatic heterocycles. The SMILES string of the molecule is C=CC=CC/C=C1/C=CC(c2ccc(C3=CC=C(c4ccc5c(-c6ccc(C=C(c7ccccc7)c7ccccc7)cc6)c6ccccc6c(-c6ccc(C=C(c7ccccc7)c7ccccc7)cc6)c5c4)CS3)s2)=CC1.CC.CC. The van der Waals surface area contributed by atoms with Gasteiger partial charge in [-0.2, -0.15) is 0 Å². The molecule has 0 saturated heterocycles. The second-order valence-electron chi connectivity index (χ2n) is 19.4. The minimum absolute atomic E-state index is 0.895. The summed E-state index contributed by atoms with van der Waals surface area (Å²) in [6.07, 6.45) is 26.4. The summed E-state index contributed by atoms with van der Waals surface area (Å²) in [7, 11) is 0. The first kappa shape index (κ1) is 55.5. The van der Waals surface area contributed by atoms with E-state index < -0.39 is 0 Å². The molecule has 2 heteroatoms. The maximum absolute atomic E-state index is 3.78. The molecule has 0 amide bonds. The average molecular weight is 1080 g/mol. The highest BCUT2D eigenvalue weighted by atomic mass is 32.2. The summed E-state index contributed by atoms with van der Waals surface area (Å²) >= 11 is 3.83. The van der Waals surface area contributed by atoms with Crippen LogP contribution in [0.3, 0.4) is 0 Å². The predicted molar refractivity (Wildman–Crippen MR) is 361 cm³/mol. The zero-order chi connectivity index (χ0) is 55.8. The van der Waals surface area contributed by atoms with Crippen molar-refractivity contribution in [1.82, 2.24) is 0 Å². The fourth-order valence-corrected chi connectivity index (χ4v) is 12.8. The molecule has 1 aliphatic carbocycles. The molecule has 10 aromatic rings. The molecule has 0 N–H and O–H groups in total. The topological polar surface area (TPSA) is 0 Å². The highest BCUT2D eigenvalue weighted by Crippen LogP contribution is 2.47. The lowest BCUT2D eigenvalue weighted by Crippen LogP contribution is -1.96. The first-order chi connectivity index (χ1) is 40.1.